The van der Waals surface area contributed by atoms with E-state index in [4.69, 9.17) is 15.7 Å². The van der Waals surface area contributed by atoms with E-state index in [-0.39, 0.29) is 18.1 Å². The molecule has 0 saturated carbocycles. The summed E-state index contributed by atoms with van der Waals surface area (Å²) in [5.41, 5.74) is 5.67. The summed E-state index contributed by atoms with van der Waals surface area (Å²) in [6.07, 6.45) is -0.611. The average Bonchev–Trinajstić information content (AvgIpc) is 2.41. The number of nitrogen functional groups attached to an aromatic ring is 1. The Kier molecular flexibility index (Phi) is 3.44. The summed E-state index contributed by atoms with van der Waals surface area (Å²) in [6, 6.07) is 5.80. The Labute approximate surface area is 104 Å². The van der Waals surface area contributed by atoms with Crippen LogP contribution in [0.1, 0.15) is 10.4 Å². The molecule has 0 radical (unpaired) electrons. The van der Waals surface area contributed by atoms with Crippen LogP contribution in [0.15, 0.2) is 18.2 Å². The first-order valence-electron chi connectivity index (χ1n) is 5.47. The first kappa shape index (κ1) is 12.3. The van der Waals surface area contributed by atoms with Gasteiger partial charge < -0.3 is 15.4 Å². The Balaban J connectivity index is 2.15. The van der Waals surface area contributed by atoms with Gasteiger partial charge in [-0.1, -0.05) is 0 Å². The van der Waals surface area contributed by atoms with Gasteiger partial charge in [-0.05, 0) is 18.2 Å². The standard InChI is InChI=1S/C12H12FN3O2/c13-10-2-1-8(5-11(10)15)12(17)16-3-4-18-9(6-14)7-16/h1-2,5,9H,3-4,7,15H2. The summed E-state index contributed by atoms with van der Waals surface area (Å²) >= 11 is 0. The van der Waals surface area contributed by atoms with E-state index in [1.165, 1.54) is 17.0 Å². The maximum Gasteiger partial charge on any atom is 0.254 e. The minimum atomic E-state index is -0.611. The molecule has 94 valence electrons. The molecule has 1 heterocycles. The number of nitriles is 1. The monoisotopic (exact) mass is 249 g/mol. The maximum atomic E-state index is 13.0. The van der Waals surface area contributed by atoms with Gasteiger partial charge in [0.25, 0.3) is 5.91 Å². The van der Waals surface area contributed by atoms with Gasteiger partial charge in [0, 0.05) is 12.1 Å². The molecule has 1 aromatic rings. The number of hydrogen-bond donors (Lipinski definition) is 1. The number of halogens is 1. The van der Waals surface area contributed by atoms with E-state index in [9.17, 15) is 9.18 Å². The van der Waals surface area contributed by atoms with Gasteiger partial charge in [0.05, 0.1) is 24.9 Å². The molecule has 2 N–H and O–H groups in total. The van der Waals surface area contributed by atoms with Crippen LogP contribution < -0.4 is 5.73 Å². The number of rotatable bonds is 1. The second kappa shape index (κ2) is 5.02. The SMILES string of the molecule is N#CC1CN(C(=O)c2ccc(F)c(N)c2)CCO1. The highest BCUT2D eigenvalue weighted by Crippen LogP contribution is 2.15. The summed E-state index contributed by atoms with van der Waals surface area (Å²) in [4.78, 5) is 13.6. The average molecular weight is 249 g/mol. The number of benzene rings is 1. The fourth-order valence-corrected chi connectivity index (χ4v) is 1.77. The van der Waals surface area contributed by atoms with Crippen molar-refractivity contribution in [1.29, 1.82) is 5.26 Å². The summed E-state index contributed by atoms with van der Waals surface area (Å²) in [5, 5.41) is 8.76. The van der Waals surface area contributed by atoms with Crippen LogP contribution in [0, 0.1) is 17.1 Å². The Morgan fingerprint density at radius 2 is 2.39 bits per heavy atom. The predicted molar refractivity (Wildman–Crippen MR) is 62.1 cm³/mol. The van der Waals surface area contributed by atoms with Crippen molar-refractivity contribution in [2.24, 2.45) is 0 Å². The second-order valence-corrected chi connectivity index (χ2v) is 3.98. The van der Waals surface area contributed by atoms with E-state index in [1.54, 1.807) is 0 Å². The number of anilines is 1. The molecular weight excluding hydrogens is 237 g/mol. The van der Waals surface area contributed by atoms with Crippen molar-refractivity contribution in [1.82, 2.24) is 4.90 Å². The Morgan fingerprint density at radius 3 is 3.06 bits per heavy atom. The number of hydrogen-bond acceptors (Lipinski definition) is 4. The van der Waals surface area contributed by atoms with Crippen LogP contribution in [-0.4, -0.2) is 36.6 Å². The van der Waals surface area contributed by atoms with Gasteiger partial charge in [-0.2, -0.15) is 5.26 Å². The molecule has 0 bridgehead atoms. The minimum Gasteiger partial charge on any atom is -0.396 e. The lowest BCUT2D eigenvalue weighted by Crippen LogP contribution is -2.45. The van der Waals surface area contributed by atoms with Crippen molar-refractivity contribution in [3.05, 3.63) is 29.6 Å². The molecule has 1 atom stereocenters. The van der Waals surface area contributed by atoms with Gasteiger partial charge in [0.2, 0.25) is 0 Å². The topological polar surface area (TPSA) is 79.4 Å². The van der Waals surface area contributed by atoms with E-state index in [1.807, 2.05) is 6.07 Å². The molecule has 1 aromatic carbocycles. The van der Waals surface area contributed by atoms with E-state index in [0.717, 1.165) is 6.07 Å². The molecule has 0 aliphatic carbocycles. The summed E-state index contributed by atoms with van der Waals surface area (Å²) in [5.74, 6) is -0.825. The number of carbonyl (C=O) groups excluding carboxylic acids is 1. The van der Waals surface area contributed by atoms with Crippen molar-refractivity contribution in [2.45, 2.75) is 6.10 Å². The molecule has 5 nitrogen and oxygen atoms in total. The van der Waals surface area contributed by atoms with Crippen molar-refractivity contribution >= 4 is 11.6 Å². The van der Waals surface area contributed by atoms with Gasteiger partial charge in [0.15, 0.2) is 6.10 Å². The number of morpholine rings is 1. The third kappa shape index (κ3) is 2.41. The lowest BCUT2D eigenvalue weighted by atomic mass is 10.1. The zero-order valence-electron chi connectivity index (χ0n) is 9.60. The van der Waals surface area contributed by atoms with Gasteiger partial charge in [0.1, 0.15) is 5.82 Å². The Bertz CT molecular complexity index is 513. The zero-order chi connectivity index (χ0) is 13.1. The van der Waals surface area contributed by atoms with Crippen LogP contribution in [-0.2, 0) is 4.74 Å². The molecule has 0 spiro atoms. The molecule has 1 aliphatic rings. The molecule has 18 heavy (non-hydrogen) atoms. The lowest BCUT2D eigenvalue weighted by molar-refractivity contribution is 0.00347. The zero-order valence-corrected chi connectivity index (χ0v) is 9.60. The second-order valence-electron chi connectivity index (χ2n) is 3.98. The first-order chi connectivity index (χ1) is 8.61. The van der Waals surface area contributed by atoms with Gasteiger partial charge in [-0.15, -0.1) is 0 Å². The van der Waals surface area contributed by atoms with E-state index < -0.39 is 11.9 Å². The summed E-state index contributed by atoms with van der Waals surface area (Å²) in [7, 11) is 0. The van der Waals surface area contributed by atoms with Crippen molar-refractivity contribution in [3.63, 3.8) is 0 Å². The van der Waals surface area contributed by atoms with E-state index in [0.29, 0.717) is 18.7 Å². The molecule has 6 heteroatoms. The molecule has 1 saturated heterocycles. The van der Waals surface area contributed by atoms with Crippen molar-refractivity contribution in [2.75, 3.05) is 25.4 Å². The van der Waals surface area contributed by atoms with Gasteiger partial charge in [-0.3, -0.25) is 4.79 Å². The smallest absolute Gasteiger partial charge is 0.254 e. The van der Waals surface area contributed by atoms with E-state index in [2.05, 4.69) is 0 Å². The first-order valence-corrected chi connectivity index (χ1v) is 5.47. The minimum absolute atomic E-state index is 0.0639. The highest BCUT2D eigenvalue weighted by molar-refractivity contribution is 5.95. The van der Waals surface area contributed by atoms with Gasteiger partial charge in [-0.25, -0.2) is 4.39 Å². The number of carbonyl (C=O) groups is 1. The van der Waals surface area contributed by atoms with Crippen molar-refractivity contribution < 1.29 is 13.9 Å². The number of nitrogens with zero attached hydrogens (tertiary/aromatic N) is 2. The number of nitrogens with two attached hydrogens (primary N) is 1. The Hall–Kier alpha value is -2.13. The maximum absolute atomic E-state index is 13.0. The quantitative estimate of drug-likeness (QED) is 0.746. The molecular formula is C12H12FN3O2. The fourth-order valence-electron chi connectivity index (χ4n) is 1.77. The molecule has 2 rings (SSSR count). The Morgan fingerprint density at radius 1 is 1.61 bits per heavy atom. The molecule has 1 amide bonds. The largest absolute Gasteiger partial charge is 0.396 e. The highest BCUT2D eigenvalue weighted by atomic mass is 19.1. The number of amides is 1. The fraction of sp³-hybridized carbons (Fsp3) is 0.333. The van der Waals surface area contributed by atoms with Crippen LogP contribution in [0.3, 0.4) is 0 Å². The van der Waals surface area contributed by atoms with Crippen LogP contribution in [0.5, 0.6) is 0 Å². The van der Waals surface area contributed by atoms with E-state index >= 15 is 0 Å². The van der Waals surface area contributed by atoms with Crippen LogP contribution in [0.4, 0.5) is 10.1 Å². The molecule has 0 aromatic heterocycles. The van der Waals surface area contributed by atoms with Gasteiger partial charge >= 0.3 is 0 Å². The van der Waals surface area contributed by atoms with Crippen LogP contribution in [0.25, 0.3) is 0 Å². The highest BCUT2D eigenvalue weighted by Gasteiger charge is 2.25. The van der Waals surface area contributed by atoms with Crippen LogP contribution >= 0.6 is 0 Å². The predicted octanol–water partition coefficient (Wildman–Crippen LogP) is 0.772. The third-order valence-corrected chi connectivity index (χ3v) is 2.74. The normalized spacial score (nSPS) is 19.3. The van der Waals surface area contributed by atoms with Crippen molar-refractivity contribution in [3.8, 4) is 6.07 Å². The lowest BCUT2D eigenvalue weighted by Gasteiger charge is -2.29. The summed E-state index contributed by atoms with van der Waals surface area (Å²) < 4.78 is 18.2. The third-order valence-electron chi connectivity index (χ3n) is 2.74. The molecule has 1 unspecified atom stereocenters. The summed E-state index contributed by atoms with van der Waals surface area (Å²) in [6.45, 7) is 0.946. The van der Waals surface area contributed by atoms with Crippen LogP contribution in [0.2, 0.25) is 0 Å². The molecule has 1 fully saturated rings. The molecule has 1 aliphatic heterocycles. The number of ether oxygens (including phenoxy) is 1.